The summed E-state index contributed by atoms with van der Waals surface area (Å²) < 4.78 is 0. The third-order valence-electron chi connectivity index (χ3n) is 2.65. The molecule has 2 heteroatoms. The van der Waals surface area contributed by atoms with E-state index in [0.29, 0.717) is 5.75 Å². The molecule has 0 bridgehead atoms. The number of benzene rings is 1. The van der Waals surface area contributed by atoms with Gasteiger partial charge in [0.2, 0.25) is 0 Å². The predicted molar refractivity (Wildman–Crippen MR) is 48.1 cm³/mol. The number of rotatable bonds is 2. The van der Waals surface area contributed by atoms with E-state index in [0.717, 1.165) is 0 Å². The van der Waals surface area contributed by atoms with Crippen molar-refractivity contribution in [2.24, 2.45) is 0 Å². The van der Waals surface area contributed by atoms with Crippen LogP contribution in [0.3, 0.4) is 0 Å². The van der Waals surface area contributed by atoms with Crippen LogP contribution < -0.4 is 5.32 Å². The van der Waals surface area contributed by atoms with Gasteiger partial charge in [-0.1, -0.05) is 12.1 Å². The maximum absolute atomic E-state index is 9.10. The summed E-state index contributed by atoms with van der Waals surface area (Å²) in [5.41, 5.74) is 1.50. The largest absolute Gasteiger partial charge is 0.508 e. The molecule has 0 amide bonds. The molecular formula is C10H13NO. The van der Waals surface area contributed by atoms with Crippen molar-refractivity contribution in [2.75, 3.05) is 7.05 Å². The van der Waals surface area contributed by atoms with E-state index in [1.54, 1.807) is 12.1 Å². The second-order valence-corrected chi connectivity index (χ2v) is 3.38. The molecule has 0 unspecified atom stereocenters. The zero-order valence-corrected chi connectivity index (χ0v) is 7.17. The molecule has 64 valence electrons. The third-order valence-corrected chi connectivity index (χ3v) is 2.65. The lowest BCUT2D eigenvalue weighted by molar-refractivity contribution is 0.474. The highest BCUT2D eigenvalue weighted by molar-refractivity contribution is 5.34. The van der Waals surface area contributed by atoms with E-state index in [1.807, 2.05) is 19.2 Å². The van der Waals surface area contributed by atoms with Crippen molar-refractivity contribution < 1.29 is 5.11 Å². The number of phenols is 1. The summed E-state index contributed by atoms with van der Waals surface area (Å²) in [5.74, 6) is 0.339. The number of phenolic OH excluding ortho intramolecular Hbond substituents is 1. The van der Waals surface area contributed by atoms with E-state index in [4.69, 9.17) is 5.11 Å². The van der Waals surface area contributed by atoms with Gasteiger partial charge >= 0.3 is 0 Å². The molecule has 1 saturated carbocycles. The minimum absolute atomic E-state index is 0.216. The topological polar surface area (TPSA) is 32.3 Å². The zero-order chi connectivity index (χ0) is 8.60. The van der Waals surface area contributed by atoms with E-state index in [1.165, 1.54) is 18.4 Å². The molecule has 0 radical (unpaired) electrons. The maximum Gasteiger partial charge on any atom is 0.115 e. The van der Waals surface area contributed by atoms with Crippen molar-refractivity contribution in [1.82, 2.24) is 5.32 Å². The van der Waals surface area contributed by atoms with E-state index in [9.17, 15) is 0 Å². The van der Waals surface area contributed by atoms with Gasteiger partial charge in [-0.3, -0.25) is 0 Å². The van der Waals surface area contributed by atoms with Crippen molar-refractivity contribution in [3.05, 3.63) is 29.8 Å². The van der Waals surface area contributed by atoms with Crippen molar-refractivity contribution in [3.8, 4) is 5.75 Å². The molecule has 0 heterocycles. The van der Waals surface area contributed by atoms with Crippen LogP contribution in [0.2, 0.25) is 0 Å². The fourth-order valence-electron chi connectivity index (χ4n) is 1.59. The van der Waals surface area contributed by atoms with Gasteiger partial charge in [0.05, 0.1) is 0 Å². The highest BCUT2D eigenvalue weighted by Crippen LogP contribution is 2.45. The molecule has 2 nitrogen and oxygen atoms in total. The normalized spacial score (nSPS) is 19.1. The Morgan fingerprint density at radius 2 is 1.83 bits per heavy atom. The molecule has 1 fully saturated rings. The van der Waals surface area contributed by atoms with Crippen molar-refractivity contribution in [2.45, 2.75) is 18.4 Å². The summed E-state index contributed by atoms with van der Waals surface area (Å²) in [5, 5.41) is 12.4. The minimum Gasteiger partial charge on any atom is -0.508 e. The summed E-state index contributed by atoms with van der Waals surface area (Å²) >= 11 is 0. The smallest absolute Gasteiger partial charge is 0.115 e. The highest BCUT2D eigenvalue weighted by atomic mass is 16.3. The van der Waals surface area contributed by atoms with Gasteiger partial charge in [-0.25, -0.2) is 0 Å². The maximum atomic E-state index is 9.10. The molecule has 1 aliphatic rings. The second kappa shape index (κ2) is 2.49. The van der Waals surface area contributed by atoms with Crippen LogP contribution in [-0.2, 0) is 5.54 Å². The number of hydrogen-bond donors (Lipinski definition) is 2. The lowest BCUT2D eigenvalue weighted by atomic mass is 10.1. The molecular weight excluding hydrogens is 150 g/mol. The van der Waals surface area contributed by atoms with Gasteiger partial charge in [-0.2, -0.15) is 0 Å². The van der Waals surface area contributed by atoms with Gasteiger partial charge in [0, 0.05) is 5.54 Å². The quantitative estimate of drug-likeness (QED) is 0.694. The van der Waals surface area contributed by atoms with Crippen LogP contribution in [0.5, 0.6) is 5.75 Å². The second-order valence-electron chi connectivity index (χ2n) is 3.38. The Bertz CT molecular complexity index is 274. The van der Waals surface area contributed by atoms with Crippen LogP contribution in [-0.4, -0.2) is 12.2 Å². The molecule has 2 N–H and O–H groups in total. The molecule has 0 atom stereocenters. The minimum atomic E-state index is 0.216. The Hall–Kier alpha value is -1.02. The molecule has 12 heavy (non-hydrogen) atoms. The van der Waals surface area contributed by atoms with Crippen molar-refractivity contribution in [3.63, 3.8) is 0 Å². The van der Waals surface area contributed by atoms with Crippen LogP contribution in [0.4, 0.5) is 0 Å². The van der Waals surface area contributed by atoms with Gasteiger partial charge in [0.15, 0.2) is 0 Å². The first kappa shape index (κ1) is 7.62. The lowest BCUT2D eigenvalue weighted by Crippen LogP contribution is -2.24. The van der Waals surface area contributed by atoms with E-state index >= 15 is 0 Å². The van der Waals surface area contributed by atoms with Crippen LogP contribution in [0, 0.1) is 0 Å². The Balaban J connectivity index is 2.29. The standard InChI is InChI=1S/C10H13NO/c1-11-10(6-7-10)8-2-4-9(12)5-3-8/h2-5,11-12H,6-7H2,1H3. The first-order chi connectivity index (χ1) is 5.77. The molecule has 2 rings (SSSR count). The number of nitrogens with one attached hydrogen (secondary N) is 1. The third kappa shape index (κ3) is 1.08. The predicted octanol–water partition coefficient (Wildman–Crippen LogP) is 1.60. The Morgan fingerprint density at radius 3 is 2.25 bits per heavy atom. The van der Waals surface area contributed by atoms with Crippen LogP contribution in [0.15, 0.2) is 24.3 Å². The summed E-state index contributed by atoms with van der Waals surface area (Å²) in [4.78, 5) is 0. The number of hydrogen-bond acceptors (Lipinski definition) is 2. The average molecular weight is 163 g/mol. The van der Waals surface area contributed by atoms with Gasteiger partial charge in [0.25, 0.3) is 0 Å². The van der Waals surface area contributed by atoms with Gasteiger partial charge in [0.1, 0.15) is 5.75 Å². The SMILES string of the molecule is CNC1(c2ccc(O)cc2)CC1. The Morgan fingerprint density at radius 1 is 1.25 bits per heavy atom. The lowest BCUT2D eigenvalue weighted by Gasteiger charge is -2.13. The summed E-state index contributed by atoms with van der Waals surface area (Å²) in [6, 6.07) is 7.46. The fourth-order valence-corrected chi connectivity index (χ4v) is 1.59. The first-order valence-corrected chi connectivity index (χ1v) is 4.25. The summed E-state index contributed by atoms with van der Waals surface area (Å²) in [6.45, 7) is 0. The number of aromatic hydroxyl groups is 1. The van der Waals surface area contributed by atoms with Crippen LogP contribution in [0.25, 0.3) is 0 Å². The van der Waals surface area contributed by atoms with Crippen molar-refractivity contribution in [1.29, 1.82) is 0 Å². The molecule has 1 aliphatic carbocycles. The van der Waals surface area contributed by atoms with E-state index < -0.39 is 0 Å². The Kier molecular flexibility index (Phi) is 1.58. The molecule has 0 spiro atoms. The van der Waals surface area contributed by atoms with Gasteiger partial charge in [-0.15, -0.1) is 0 Å². The van der Waals surface area contributed by atoms with Gasteiger partial charge in [-0.05, 0) is 37.6 Å². The molecule has 0 aliphatic heterocycles. The van der Waals surface area contributed by atoms with Crippen LogP contribution in [0.1, 0.15) is 18.4 Å². The molecule has 1 aromatic rings. The average Bonchev–Trinajstić information content (AvgIpc) is 2.86. The summed E-state index contributed by atoms with van der Waals surface area (Å²) in [6.07, 6.45) is 2.41. The monoisotopic (exact) mass is 163 g/mol. The first-order valence-electron chi connectivity index (χ1n) is 4.25. The van der Waals surface area contributed by atoms with E-state index in [2.05, 4.69) is 5.32 Å². The zero-order valence-electron chi connectivity index (χ0n) is 7.17. The molecule has 1 aromatic carbocycles. The van der Waals surface area contributed by atoms with Gasteiger partial charge < -0.3 is 10.4 Å². The summed E-state index contributed by atoms with van der Waals surface area (Å²) in [7, 11) is 1.99. The van der Waals surface area contributed by atoms with Crippen LogP contribution >= 0.6 is 0 Å². The Labute approximate surface area is 72.2 Å². The van der Waals surface area contributed by atoms with E-state index in [-0.39, 0.29) is 5.54 Å². The molecule has 0 aromatic heterocycles. The van der Waals surface area contributed by atoms with Crippen molar-refractivity contribution >= 4 is 0 Å². The fraction of sp³-hybridized carbons (Fsp3) is 0.400. The highest BCUT2D eigenvalue weighted by Gasteiger charge is 2.42. The molecule has 0 saturated heterocycles.